The first-order valence-electron chi connectivity index (χ1n) is 8.32. The number of H-pyrrole nitrogens is 1. The van der Waals surface area contributed by atoms with Crippen LogP contribution in [0.5, 0.6) is 0 Å². The summed E-state index contributed by atoms with van der Waals surface area (Å²) in [6, 6.07) is 18.1. The van der Waals surface area contributed by atoms with E-state index >= 15 is 0 Å². The fourth-order valence-electron chi connectivity index (χ4n) is 2.69. The number of aromatic amines is 1. The number of nitrogens with one attached hydrogen (secondary N) is 3. The molecule has 4 rings (SSSR count). The van der Waals surface area contributed by atoms with Gasteiger partial charge in [0.1, 0.15) is 11.2 Å². The van der Waals surface area contributed by atoms with Crippen LogP contribution < -0.4 is 10.9 Å². The van der Waals surface area contributed by atoms with Gasteiger partial charge in [0, 0.05) is 11.8 Å². The van der Waals surface area contributed by atoms with Gasteiger partial charge >= 0.3 is 0 Å². The summed E-state index contributed by atoms with van der Waals surface area (Å²) in [6.07, 6.45) is 1.63. The molecular weight excluding hydrogens is 344 g/mol. The summed E-state index contributed by atoms with van der Waals surface area (Å²) in [5.74, 6) is -0.810. The van der Waals surface area contributed by atoms with Crippen LogP contribution in [0.2, 0.25) is 0 Å². The number of hydrogen-bond acceptors (Lipinski definition) is 4. The van der Waals surface area contributed by atoms with Crippen LogP contribution in [0, 0.1) is 0 Å². The third kappa shape index (κ3) is 3.54. The van der Waals surface area contributed by atoms with Crippen molar-refractivity contribution >= 4 is 22.8 Å². The van der Waals surface area contributed by atoms with E-state index in [2.05, 4.69) is 26.1 Å². The molecule has 0 fully saturated rings. The first-order valence-corrected chi connectivity index (χ1v) is 8.32. The summed E-state index contributed by atoms with van der Waals surface area (Å²) >= 11 is 0. The van der Waals surface area contributed by atoms with Crippen LogP contribution in [0.1, 0.15) is 26.4 Å². The van der Waals surface area contributed by atoms with Gasteiger partial charge < -0.3 is 4.98 Å². The molecule has 2 heterocycles. The molecule has 0 saturated carbocycles. The average Bonchev–Trinajstić information content (AvgIpc) is 3.37. The molecule has 0 aliphatic rings. The fourth-order valence-corrected chi connectivity index (χ4v) is 2.69. The summed E-state index contributed by atoms with van der Waals surface area (Å²) in [5.41, 5.74) is 8.33. The molecule has 0 saturated heterocycles. The van der Waals surface area contributed by atoms with Crippen molar-refractivity contribution in [3.63, 3.8) is 0 Å². The molecule has 0 spiro atoms. The Morgan fingerprint density at radius 3 is 2.48 bits per heavy atom. The number of fused-ring (bicyclic) bond motifs is 1. The highest BCUT2D eigenvalue weighted by molar-refractivity contribution is 5.98. The Kier molecular flexibility index (Phi) is 4.36. The van der Waals surface area contributed by atoms with Crippen LogP contribution in [-0.2, 0) is 6.54 Å². The summed E-state index contributed by atoms with van der Waals surface area (Å²) in [5, 5.41) is 8.29. The minimum Gasteiger partial charge on any atom is -0.357 e. The molecule has 8 heteroatoms. The summed E-state index contributed by atoms with van der Waals surface area (Å²) in [6.45, 7) is 0.548. The molecule has 8 nitrogen and oxygen atoms in total. The van der Waals surface area contributed by atoms with Crippen LogP contribution in [0.3, 0.4) is 0 Å². The highest BCUT2D eigenvalue weighted by Crippen LogP contribution is 2.12. The molecule has 134 valence electrons. The smallest absolute Gasteiger partial charge is 0.286 e. The first kappa shape index (κ1) is 16.5. The van der Waals surface area contributed by atoms with E-state index in [1.54, 1.807) is 35.1 Å². The van der Waals surface area contributed by atoms with Gasteiger partial charge in [-0.15, -0.1) is 5.10 Å². The largest absolute Gasteiger partial charge is 0.357 e. The number of carbonyl (C=O) groups is 2. The molecular formula is C19H16N6O2. The van der Waals surface area contributed by atoms with Crippen molar-refractivity contribution in [2.24, 2.45) is 0 Å². The van der Waals surface area contributed by atoms with Gasteiger partial charge in [-0.2, -0.15) is 0 Å². The average molecular weight is 360 g/mol. The predicted octanol–water partition coefficient (Wildman–Crippen LogP) is 1.88. The lowest BCUT2D eigenvalue weighted by atomic mass is 10.1. The SMILES string of the molecule is O=C(NNC(=O)c1ccc[nH]1)c1ccc(Cn2nnc3ccccc32)cc1. The second-order valence-corrected chi connectivity index (χ2v) is 5.92. The molecule has 0 bridgehead atoms. The Hall–Kier alpha value is -3.94. The van der Waals surface area contributed by atoms with E-state index in [-0.39, 0.29) is 0 Å². The maximum atomic E-state index is 12.2. The van der Waals surface area contributed by atoms with Crippen LogP contribution in [0.15, 0.2) is 66.9 Å². The zero-order valence-corrected chi connectivity index (χ0v) is 14.2. The van der Waals surface area contributed by atoms with Crippen molar-refractivity contribution in [3.8, 4) is 0 Å². The number of carbonyl (C=O) groups excluding carboxylic acids is 2. The minimum absolute atomic E-state index is 0.366. The van der Waals surface area contributed by atoms with Crippen molar-refractivity contribution in [2.45, 2.75) is 6.54 Å². The predicted molar refractivity (Wildman–Crippen MR) is 98.8 cm³/mol. The molecule has 4 aromatic rings. The van der Waals surface area contributed by atoms with Crippen LogP contribution in [0.4, 0.5) is 0 Å². The number of rotatable bonds is 4. The maximum Gasteiger partial charge on any atom is 0.286 e. The Labute approximate surface area is 154 Å². The molecule has 0 unspecified atom stereocenters. The Bertz CT molecular complexity index is 1080. The van der Waals surface area contributed by atoms with Gasteiger partial charge in [0.2, 0.25) is 0 Å². The quantitative estimate of drug-likeness (QED) is 0.483. The zero-order valence-electron chi connectivity index (χ0n) is 14.2. The lowest BCUT2D eigenvalue weighted by molar-refractivity contribution is 0.0844. The Morgan fingerprint density at radius 2 is 1.70 bits per heavy atom. The molecule has 0 atom stereocenters. The number of benzene rings is 2. The van der Waals surface area contributed by atoms with Gasteiger partial charge in [-0.3, -0.25) is 20.4 Å². The lowest BCUT2D eigenvalue weighted by Gasteiger charge is -2.07. The van der Waals surface area contributed by atoms with Gasteiger partial charge in [0.05, 0.1) is 12.1 Å². The molecule has 0 aliphatic carbocycles. The fraction of sp³-hybridized carbons (Fsp3) is 0.0526. The van der Waals surface area contributed by atoms with E-state index in [0.717, 1.165) is 16.6 Å². The molecule has 27 heavy (non-hydrogen) atoms. The number of nitrogens with zero attached hydrogens (tertiary/aromatic N) is 3. The number of hydrazine groups is 1. The van der Waals surface area contributed by atoms with Crippen LogP contribution >= 0.6 is 0 Å². The summed E-state index contributed by atoms with van der Waals surface area (Å²) in [7, 11) is 0. The van der Waals surface area contributed by atoms with Gasteiger partial charge in [-0.25, -0.2) is 4.68 Å². The van der Waals surface area contributed by atoms with Crippen molar-refractivity contribution in [2.75, 3.05) is 0 Å². The van der Waals surface area contributed by atoms with E-state index in [0.29, 0.717) is 17.8 Å². The molecule has 3 N–H and O–H groups in total. The van der Waals surface area contributed by atoms with Crippen molar-refractivity contribution in [1.29, 1.82) is 0 Å². The number of hydrogen-bond donors (Lipinski definition) is 3. The summed E-state index contributed by atoms with van der Waals surface area (Å²) in [4.78, 5) is 26.7. The van der Waals surface area contributed by atoms with E-state index < -0.39 is 11.8 Å². The topological polar surface area (TPSA) is 105 Å². The normalized spacial score (nSPS) is 10.7. The van der Waals surface area contributed by atoms with Crippen LogP contribution in [0.25, 0.3) is 11.0 Å². The first-order chi connectivity index (χ1) is 13.2. The minimum atomic E-state index is -0.414. The highest BCUT2D eigenvalue weighted by Gasteiger charge is 2.10. The number of amides is 2. The molecule has 0 aliphatic heterocycles. The van der Waals surface area contributed by atoms with Crippen molar-refractivity contribution < 1.29 is 9.59 Å². The van der Waals surface area contributed by atoms with Gasteiger partial charge in [-0.1, -0.05) is 29.5 Å². The second kappa shape index (κ2) is 7.12. The van der Waals surface area contributed by atoms with Gasteiger partial charge in [-0.05, 0) is 42.0 Å². The van der Waals surface area contributed by atoms with E-state index in [4.69, 9.17) is 0 Å². The zero-order chi connectivity index (χ0) is 18.6. The third-order valence-electron chi connectivity index (χ3n) is 4.10. The Balaban J connectivity index is 1.39. The van der Waals surface area contributed by atoms with E-state index in [1.165, 1.54) is 0 Å². The van der Waals surface area contributed by atoms with E-state index in [1.807, 2.05) is 36.4 Å². The van der Waals surface area contributed by atoms with E-state index in [9.17, 15) is 9.59 Å². The Morgan fingerprint density at radius 1 is 0.926 bits per heavy atom. The number of para-hydroxylation sites is 1. The third-order valence-corrected chi connectivity index (χ3v) is 4.10. The second-order valence-electron chi connectivity index (χ2n) is 5.92. The monoisotopic (exact) mass is 360 g/mol. The highest BCUT2D eigenvalue weighted by atomic mass is 16.2. The standard InChI is InChI=1S/C19H16N6O2/c26-18(22-23-19(27)16-5-3-11-20-16)14-9-7-13(8-10-14)12-25-17-6-2-1-4-15(17)21-24-25/h1-11,20H,12H2,(H,22,26)(H,23,27). The molecule has 2 aromatic carbocycles. The molecule has 2 aromatic heterocycles. The molecule has 0 radical (unpaired) electrons. The van der Waals surface area contributed by atoms with Gasteiger partial charge in [0.25, 0.3) is 11.8 Å². The maximum absolute atomic E-state index is 12.2. The van der Waals surface area contributed by atoms with Crippen molar-refractivity contribution in [1.82, 2.24) is 30.8 Å². The molecule has 2 amide bonds. The summed E-state index contributed by atoms with van der Waals surface area (Å²) < 4.78 is 1.81. The van der Waals surface area contributed by atoms with Gasteiger partial charge in [0.15, 0.2) is 0 Å². The van der Waals surface area contributed by atoms with Crippen molar-refractivity contribution in [3.05, 3.63) is 83.7 Å². The van der Waals surface area contributed by atoms with Crippen LogP contribution in [-0.4, -0.2) is 31.8 Å². The number of aromatic nitrogens is 4. The lowest BCUT2D eigenvalue weighted by Crippen LogP contribution is -2.41.